The molecule has 0 aromatic heterocycles. The third-order valence-corrected chi connectivity index (χ3v) is 3.30. The van der Waals surface area contributed by atoms with Crippen LogP contribution in [0.5, 0.6) is 0 Å². The number of ether oxygens (including phenoxy) is 1. The normalized spacial score (nSPS) is 33.8. The predicted molar refractivity (Wildman–Crippen MR) is 77.7 cm³/mol. The van der Waals surface area contributed by atoms with Gasteiger partial charge in [0.1, 0.15) is 24.4 Å². The molecule has 0 bridgehead atoms. The first kappa shape index (κ1) is 15.8. The van der Waals surface area contributed by atoms with Gasteiger partial charge < -0.3 is 25.2 Å². The van der Waals surface area contributed by atoms with Gasteiger partial charge >= 0.3 is 0 Å². The lowest BCUT2D eigenvalue weighted by Gasteiger charge is -2.38. The van der Waals surface area contributed by atoms with Gasteiger partial charge in [0.05, 0.1) is 6.61 Å². The molecule has 0 aliphatic carbocycles. The fourth-order valence-electron chi connectivity index (χ4n) is 2.11. The summed E-state index contributed by atoms with van der Waals surface area (Å²) < 4.78 is 5.00. The van der Waals surface area contributed by atoms with Crippen LogP contribution < -0.4 is 0 Å². The maximum Gasteiger partial charge on any atom is 0.180 e. The van der Waals surface area contributed by atoms with Crippen molar-refractivity contribution in [2.45, 2.75) is 30.6 Å². The van der Waals surface area contributed by atoms with Crippen LogP contribution in [0.1, 0.15) is 5.56 Å². The van der Waals surface area contributed by atoms with Crippen molar-refractivity contribution in [1.29, 1.82) is 0 Å². The molecule has 4 N–H and O–H groups in total. The highest BCUT2D eigenvalue weighted by molar-refractivity contribution is 5.78. The number of nitrogens with zero attached hydrogens (tertiary/aromatic N) is 1. The van der Waals surface area contributed by atoms with Crippen molar-refractivity contribution in [1.82, 2.24) is 0 Å². The van der Waals surface area contributed by atoms with Crippen molar-refractivity contribution in [3.8, 4) is 0 Å². The first-order valence-electron chi connectivity index (χ1n) is 6.69. The molecule has 5 atom stereocenters. The number of rotatable bonds is 4. The molecule has 1 aromatic carbocycles. The lowest BCUT2D eigenvalue weighted by molar-refractivity contribution is -0.248. The van der Waals surface area contributed by atoms with E-state index in [1.807, 2.05) is 36.4 Å². The highest BCUT2D eigenvalue weighted by Gasteiger charge is 2.43. The molecular formula is C15H19NO5. The highest BCUT2D eigenvalue weighted by atomic mass is 16.6. The Morgan fingerprint density at radius 1 is 1.10 bits per heavy atom. The Morgan fingerprint density at radius 2 is 1.81 bits per heavy atom. The van der Waals surface area contributed by atoms with Gasteiger partial charge in [-0.1, -0.05) is 36.4 Å². The second-order valence-corrected chi connectivity index (χ2v) is 4.79. The van der Waals surface area contributed by atoms with E-state index in [0.29, 0.717) is 0 Å². The van der Waals surface area contributed by atoms with Gasteiger partial charge in [-0.3, -0.25) is 4.99 Å². The van der Waals surface area contributed by atoms with Gasteiger partial charge in [-0.15, -0.1) is 0 Å². The largest absolute Gasteiger partial charge is 0.394 e. The van der Waals surface area contributed by atoms with Crippen LogP contribution in [0, 0.1) is 0 Å². The quantitative estimate of drug-likeness (QED) is 0.564. The number of aliphatic hydroxyl groups excluding tert-OH is 4. The van der Waals surface area contributed by atoms with E-state index >= 15 is 0 Å². The maximum absolute atomic E-state index is 9.89. The first-order valence-corrected chi connectivity index (χ1v) is 6.69. The SMILES string of the molecule is OC[C@H]1O[C@H](O)[C@H](N=C/C=C/c2ccccc2)[C@@H](O)[C@@H]1O. The molecule has 2 rings (SSSR count). The molecule has 1 fully saturated rings. The molecule has 0 unspecified atom stereocenters. The first-order chi connectivity index (χ1) is 10.1. The number of hydrogen-bond acceptors (Lipinski definition) is 6. The van der Waals surface area contributed by atoms with Gasteiger partial charge in [0.15, 0.2) is 6.29 Å². The number of aliphatic hydroxyl groups is 4. The van der Waals surface area contributed by atoms with E-state index in [1.54, 1.807) is 6.08 Å². The van der Waals surface area contributed by atoms with Crippen molar-refractivity contribution in [3.05, 3.63) is 42.0 Å². The molecule has 1 saturated heterocycles. The number of benzene rings is 1. The minimum Gasteiger partial charge on any atom is -0.394 e. The number of allylic oxidation sites excluding steroid dienone is 1. The summed E-state index contributed by atoms with van der Waals surface area (Å²) in [5, 5.41) is 38.3. The topological polar surface area (TPSA) is 103 Å². The minimum absolute atomic E-state index is 0.486. The Balaban J connectivity index is 1.98. The van der Waals surface area contributed by atoms with E-state index in [2.05, 4.69) is 4.99 Å². The summed E-state index contributed by atoms with van der Waals surface area (Å²) in [5.74, 6) is 0. The standard InChI is InChI=1S/C15H19NO5/c17-9-11-13(18)14(19)12(15(20)21-11)16-8-4-7-10-5-2-1-3-6-10/h1-8,11-15,17-20H,9H2/b7-4+,16-8?/t11-,12-,13-,14-,15+/m1/s1. The lowest BCUT2D eigenvalue weighted by Crippen LogP contribution is -2.57. The van der Waals surface area contributed by atoms with E-state index in [4.69, 9.17) is 9.84 Å². The molecule has 1 aliphatic rings. The lowest BCUT2D eigenvalue weighted by atomic mass is 9.97. The molecule has 6 nitrogen and oxygen atoms in total. The van der Waals surface area contributed by atoms with Crippen LogP contribution in [0.3, 0.4) is 0 Å². The fraction of sp³-hybridized carbons (Fsp3) is 0.400. The molecule has 0 spiro atoms. The average molecular weight is 293 g/mol. The van der Waals surface area contributed by atoms with Crippen LogP contribution in [0.2, 0.25) is 0 Å². The van der Waals surface area contributed by atoms with Gasteiger partial charge in [-0.2, -0.15) is 0 Å². The monoisotopic (exact) mass is 293 g/mol. The summed E-state index contributed by atoms with van der Waals surface area (Å²) in [6.07, 6.45) is -0.0633. The van der Waals surface area contributed by atoms with E-state index < -0.39 is 37.3 Å². The van der Waals surface area contributed by atoms with Crippen molar-refractivity contribution < 1.29 is 25.2 Å². The van der Waals surface area contributed by atoms with Gasteiger partial charge in [0, 0.05) is 6.21 Å². The second-order valence-electron chi connectivity index (χ2n) is 4.79. The van der Waals surface area contributed by atoms with Crippen LogP contribution in [-0.4, -0.2) is 63.9 Å². The second kappa shape index (κ2) is 7.44. The Bertz CT molecular complexity index is 490. The third kappa shape index (κ3) is 3.96. The van der Waals surface area contributed by atoms with Crippen molar-refractivity contribution in [2.24, 2.45) is 4.99 Å². The molecule has 114 valence electrons. The maximum atomic E-state index is 9.89. The fourth-order valence-corrected chi connectivity index (χ4v) is 2.11. The minimum atomic E-state index is -1.37. The molecule has 0 amide bonds. The zero-order valence-corrected chi connectivity index (χ0v) is 11.4. The Labute approximate surface area is 122 Å². The molecule has 1 aliphatic heterocycles. The Morgan fingerprint density at radius 3 is 2.48 bits per heavy atom. The molecule has 0 saturated carbocycles. The summed E-state index contributed by atoms with van der Waals surface area (Å²) in [7, 11) is 0. The summed E-state index contributed by atoms with van der Waals surface area (Å²) in [6.45, 7) is -0.486. The van der Waals surface area contributed by atoms with Crippen LogP contribution in [0.4, 0.5) is 0 Å². The molecule has 1 heterocycles. The van der Waals surface area contributed by atoms with E-state index in [-0.39, 0.29) is 0 Å². The van der Waals surface area contributed by atoms with Crippen LogP contribution in [0.15, 0.2) is 41.4 Å². The average Bonchev–Trinajstić information content (AvgIpc) is 2.51. The van der Waals surface area contributed by atoms with Crippen molar-refractivity contribution >= 4 is 12.3 Å². The van der Waals surface area contributed by atoms with Crippen LogP contribution >= 0.6 is 0 Å². The molecule has 1 aromatic rings. The third-order valence-electron chi connectivity index (χ3n) is 3.30. The van der Waals surface area contributed by atoms with Gasteiger partial charge in [-0.05, 0) is 11.6 Å². The summed E-state index contributed by atoms with van der Waals surface area (Å²) >= 11 is 0. The predicted octanol–water partition coefficient (Wildman–Crippen LogP) is -0.430. The highest BCUT2D eigenvalue weighted by Crippen LogP contribution is 2.21. The van der Waals surface area contributed by atoms with Crippen molar-refractivity contribution in [2.75, 3.05) is 6.61 Å². The Hall–Kier alpha value is -1.57. The summed E-state index contributed by atoms with van der Waals surface area (Å²) in [4.78, 5) is 4.00. The van der Waals surface area contributed by atoms with Gasteiger partial charge in [-0.25, -0.2) is 0 Å². The van der Waals surface area contributed by atoms with E-state index in [0.717, 1.165) is 5.56 Å². The molecule has 21 heavy (non-hydrogen) atoms. The summed E-state index contributed by atoms with van der Waals surface area (Å²) in [5.41, 5.74) is 0.991. The van der Waals surface area contributed by atoms with Gasteiger partial charge in [0.25, 0.3) is 0 Å². The molecular weight excluding hydrogens is 274 g/mol. The van der Waals surface area contributed by atoms with Crippen LogP contribution in [-0.2, 0) is 4.74 Å². The number of aliphatic imine (C=N–C) groups is 1. The zero-order chi connectivity index (χ0) is 15.2. The van der Waals surface area contributed by atoms with E-state index in [9.17, 15) is 15.3 Å². The van der Waals surface area contributed by atoms with Crippen molar-refractivity contribution in [3.63, 3.8) is 0 Å². The van der Waals surface area contributed by atoms with Gasteiger partial charge in [0.2, 0.25) is 0 Å². The van der Waals surface area contributed by atoms with Crippen LogP contribution in [0.25, 0.3) is 6.08 Å². The Kier molecular flexibility index (Phi) is 5.60. The van der Waals surface area contributed by atoms with E-state index in [1.165, 1.54) is 6.21 Å². The molecule has 6 heteroatoms. The number of hydrogen-bond donors (Lipinski definition) is 4. The molecule has 0 radical (unpaired) electrons. The smallest absolute Gasteiger partial charge is 0.180 e. The summed E-state index contributed by atoms with van der Waals surface area (Å²) in [6, 6.07) is 8.58. The zero-order valence-electron chi connectivity index (χ0n) is 11.4.